The van der Waals surface area contributed by atoms with Gasteiger partial charge in [0.25, 0.3) is 0 Å². The van der Waals surface area contributed by atoms with E-state index in [-0.39, 0.29) is 6.04 Å². The number of nitrogens with two attached hydrogens (primary N) is 1. The van der Waals surface area contributed by atoms with E-state index in [2.05, 4.69) is 15.2 Å². The van der Waals surface area contributed by atoms with Crippen LogP contribution in [0.4, 0.5) is 0 Å². The Bertz CT molecular complexity index is 289. The maximum Gasteiger partial charge on any atom is 0.0764 e. The summed E-state index contributed by atoms with van der Waals surface area (Å²) in [6, 6.07) is 0.0353. The fourth-order valence-electron chi connectivity index (χ4n) is 1.97. The molecule has 1 fully saturated rings. The summed E-state index contributed by atoms with van der Waals surface area (Å²) in [5.74, 6) is 0. The number of rotatable bonds is 3. The number of nitrogens with zero attached hydrogens (tertiary/aromatic N) is 4. The van der Waals surface area contributed by atoms with Gasteiger partial charge in [-0.25, -0.2) is 0 Å². The average molecular weight is 195 g/mol. The first kappa shape index (κ1) is 9.61. The van der Waals surface area contributed by atoms with Crippen LogP contribution in [0.2, 0.25) is 0 Å². The number of aryl methyl sites for hydroxylation is 1. The number of aromatic nitrogens is 3. The lowest BCUT2D eigenvalue weighted by molar-refractivity contribution is 0.311. The Labute approximate surface area is 83.9 Å². The van der Waals surface area contributed by atoms with Gasteiger partial charge in [-0.05, 0) is 25.9 Å². The molecule has 2 N–H and O–H groups in total. The van der Waals surface area contributed by atoms with Crippen LogP contribution < -0.4 is 5.73 Å². The molecule has 0 amide bonds. The molecule has 0 spiro atoms. The van der Waals surface area contributed by atoms with E-state index in [1.54, 1.807) is 10.9 Å². The highest BCUT2D eigenvalue weighted by atomic mass is 15.4. The number of likely N-dealkylation sites (tertiary alicyclic amines) is 1. The Hall–Kier alpha value is -0.940. The lowest BCUT2D eigenvalue weighted by Crippen LogP contribution is -2.31. The molecule has 14 heavy (non-hydrogen) atoms. The van der Waals surface area contributed by atoms with Gasteiger partial charge >= 0.3 is 0 Å². The minimum Gasteiger partial charge on any atom is -0.322 e. The van der Waals surface area contributed by atoms with Crippen molar-refractivity contribution < 1.29 is 0 Å². The van der Waals surface area contributed by atoms with E-state index in [1.807, 2.05) is 7.05 Å². The van der Waals surface area contributed by atoms with Crippen LogP contribution in [0.3, 0.4) is 0 Å². The first-order valence-corrected chi connectivity index (χ1v) is 5.10. The van der Waals surface area contributed by atoms with Crippen molar-refractivity contribution >= 4 is 0 Å². The van der Waals surface area contributed by atoms with Crippen molar-refractivity contribution in [2.24, 2.45) is 12.8 Å². The molecule has 0 aromatic carbocycles. The molecule has 0 saturated carbocycles. The van der Waals surface area contributed by atoms with Gasteiger partial charge in [-0.3, -0.25) is 4.68 Å². The van der Waals surface area contributed by atoms with Crippen molar-refractivity contribution in [3.63, 3.8) is 0 Å². The highest BCUT2D eigenvalue weighted by Gasteiger charge is 2.17. The predicted octanol–water partition coefficient (Wildman–Crippen LogP) is -0.0893. The molecule has 1 unspecified atom stereocenters. The third-order valence-corrected chi connectivity index (χ3v) is 2.78. The third-order valence-electron chi connectivity index (χ3n) is 2.78. The van der Waals surface area contributed by atoms with Crippen LogP contribution in [0.5, 0.6) is 0 Å². The molecule has 1 aliphatic heterocycles. The van der Waals surface area contributed by atoms with Crippen LogP contribution in [0.15, 0.2) is 6.20 Å². The molecule has 1 atom stereocenters. The largest absolute Gasteiger partial charge is 0.322 e. The van der Waals surface area contributed by atoms with Gasteiger partial charge in [0, 0.05) is 13.6 Å². The second-order valence-corrected chi connectivity index (χ2v) is 3.90. The first-order chi connectivity index (χ1) is 6.77. The second kappa shape index (κ2) is 4.06. The van der Waals surface area contributed by atoms with E-state index in [1.165, 1.54) is 25.9 Å². The molecule has 2 rings (SSSR count). The summed E-state index contributed by atoms with van der Waals surface area (Å²) in [7, 11) is 1.88. The predicted molar refractivity (Wildman–Crippen MR) is 53.6 cm³/mol. The van der Waals surface area contributed by atoms with Gasteiger partial charge in [-0.2, -0.15) is 0 Å². The van der Waals surface area contributed by atoms with Crippen LogP contribution in [0.25, 0.3) is 0 Å². The highest BCUT2D eigenvalue weighted by Crippen LogP contribution is 2.13. The fourth-order valence-corrected chi connectivity index (χ4v) is 1.97. The summed E-state index contributed by atoms with van der Waals surface area (Å²) in [5, 5.41) is 7.71. The van der Waals surface area contributed by atoms with Gasteiger partial charge in [0.15, 0.2) is 0 Å². The minimum atomic E-state index is 0.0353. The van der Waals surface area contributed by atoms with Crippen molar-refractivity contribution in [1.82, 2.24) is 19.9 Å². The van der Waals surface area contributed by atoms with Gasteiger partial charge in [-0.15, -0.1) is 5.10 Å². The molecule has 5 heteroatoms. The number of hydrogen-bond donors (Lipinski definition) is 1. The summed E-state index contributed by atoms with van der Waals surface area (Å²) >= 11 is 0. The summed E-state index contributed by atoms with van der Waals surface area (Å²) < 4.78 is 1.75. The smallest absolute Gasteiger partial charge is 0.0764 e. The van der Waals surface area contributed by atoms with Gasteiger partial charge in [-0.1, -0.05) is 5.21 Å². The van der Waals surface area contributed by atoms with E-state index in [0.717, 1.165) is 12.2 Å². The van der Waals surface area contributed by atoms with E-state index in [9.17, 15) is 0 Å². The lowest BCUT2D eigenvalue weighted by atomic mass is 10.2. The Kier molecular flexibility index (Phi) is 2.79. The fraction of sp³-hybridized carbons (Fsp3) is 0.778. The molecule has 1 aromatic rings. The Balaban J connectivity index is 1.95. The second-order valence-electron chi connectivity index (χ2n) is 3.90. The lowest BCUT2D eigenvalue weighted by Gasteiger charge is -2.19. The number of hydrogen-bond acceptors (Lipinski definition) is 4. The van der Waals surface area contributed by atoms with Crippen LogP contribution in [-0.4, -0.2) is 39.5 Å². The minimum absolute atomic E-state index is 0.0353. The van der Waals surface area contributed by atoms with Gasteiger partial charge in [0.05, 0.1) is 17.9 Å². The maximum atomic E-state index is 6.08. The van der Waals surface area contributed by atoms with Crippen LogP contribution in [0.1, 0.15) is 24.6 Å². The van der Waals surface area contributed by atoms with Crippen molar-refractivity contribution in [2.45, 2.75) is 18.9 Å². The van der Waals surface area contributed by atoms with Crippen molar-refractivity contribution in [3.8, 4) is 0 Å². The average Bonchev–Trinajstić information content (AvgIpc) is 2.75. The van der Waals surface area contributed by atoms with E-state index >= 15 is 0 Å². The van der Waals surface area contributed by atoms with Crippen molar-refractivity contribution in [1.29, 1.82) is 0 Å². The van der Waals surface area contributed by atoms with Gasteiger partial charge < -0.3 is 10.6 Å². The summed E-state index contributed by atoms with van der Waals surface area (Å²) in [6.07, 6.45) is 4.35. The van der Waals surface area contributed by atoms with E-state index in [0.29, 0.717) is 0 Å². The topological polar surface area (TPSA) is 60.0 Å². The Morgan fingerprint density at radius 1 is 1.50 bits per heavy atom. The third kappa shape index (κ3) is 1.93. The molecular formula is C9H17N5. The summed E-state index contributed by atoms with van der Waals surface area (Å²) in [4.78, 5) is 2.40. The molecular weight excluding hydrogens is 178 g/mol. The quantitative estimate of drug-likeness (QED) is 0.732. The standard InChI is InChI=1S/C9H17N5/c1-13-9(6-11-12-13)8(10)7-14-4-2-3-5-14/h6,8H,2-5,7,10H2,1H3. The zero-order chi connectivity index (χ0) is 9.97. The van der Waals surface area contributed by atoms with E-state index < -0.39 is 0 Å². The van der Waals surface area contributed by atoms with E-state index in [4.69, 9.17) is 5.73 Å². The molecule has 0 bridgehead atoms. The molecule has 0 radical (unpaired) electrons. The summed E-state index contributed by atoms with van der Waals surface area (Å²) in [6.45, 7) is 3.28. The SMILES string of the molecule is Cn1nncc1C(N)CN1CCCC1. The molecule has 1 aliphatic rings. The molecule has 0 aliphatic carbocycles. The molecule has 5 nitrogen and oxygen atoms in total. The van der Waals surface area contributed by atoms with Gasteiger partial charge in [0.2, 0.25) is 0 Å². The molecule has 78 valence electrons. The maximum absolute atomic E-state index is 6.08. The molecule has 1 saturated heterocycles. The molecule has 2 heterocycles. The van der Waals surface area contributed by atoms with Crippen molar-refractivity contribution in [3.05, 3.63) is 11.9 Å². The summed E-state index contributed by atoms with van der Waals surface area (Å²) in [5.41, 5.74) is 7.09. The Morgan fingerprint density at radius 3 is 2.79 bits per heavy atom. The monoisotopic (exact) mass is 195 g/mol. The first-order valence-electron chi connectivity index (χ1n) is 5.10. The zero-order valence-corrected chi connectivity index (χ0v) is 8.56. The van der Waals surface area contributed by atoms with Crippen molar-refractivity contribution in [2.75, 3.05) is 19.6 Å². The van der Waals surface area contributed by atoms with Crippen LogP contribution in [0, 0.1) is 0 Å². The molecule has 1 aromatic heterocycles. The van der Waals surface area contributed by atoms with Crippen LogP contribution in [-0.2, 0) is 7.05 Å². The Morgan fingerprint density at radius 2 is 2.21 bits per heavy atom. The van der Waals surface area contributed by atoms with Crippen LogP contribution >= 0.6 is 0 Å². The normalized spacial score (nSPS) is 20.1. The van der Waals surface area contributed by atoms with Gasteiger partial charge in [0.1, 0.15) is 0 Å². The highest BCUT2D eigenvalue weighted by molar-refractivity contribution is 5.01. The zero-order valence-electron chi connectivity index (χ0n) is 8.56.